The van der Waals surface area contributed by atoms with Gasteiger partial charge in [-0.3, -0.25) is 19.4 Å². The van der Waals surface area contributed by atoms with Crippen LogP contribution in [0.1, 0.15) is 78.7 Å². The van der Waals surface area contributed by atoms with Gasteiger partial charge in [-0.15, -0.1) is 0 Å². The van der Waals surface area contributed by atoms with Crippen LogP contribution in [0.2, 0.25) is 0 Å². The Bertz CT molecular complexity index is 1120. The first-order valence-corrected chi connectivity index (χ1v) is 13.9. The van der Waals surface area contributed by atoms with Gasteiger partial charge < -0.3 is 15.5 Å². The number of hydrogen-bond acceptors (Lipinski definition) is 5. The smallest absolute Gasteiger partial charge is 0.243 e. The van der Waals surface area contributed by atoms with Crippen molar-refractivity contribution in [3.8, 4) is 0 Å². The topological polar surface area (TPSA) is 103 Å². The van der Waals surface area contributed by atoms with E-state index in [2.05, 4.69) is 34.5 Å². The number of nitrogens with one attached hydrogen (secondary N) is 2. The molecule has 214 valence electrons. The van der Waals surface area contributed by atoms with Crippen LogP contribution >= 0.6 is 0 Å². The van der Waals surface area contributed by atoms with Crippen molar-refractivity contribution in [1.82, 2.24) is 15.5 Å². The molecule has 1 unspecified atom stereocenters. The van der Waals surface area contributed by atoms with E-state index >= 15 is 0 Å². The first kappa shape index (κ1) is 30.4. The van der Waals surface area contributed by atoms with E-state index in [4.69, 9.17) is 0 Å². The molecule has 1 fully saturated rings. The Kier molecular flexibility index (Phi) is 10.7. The number of amidine groups is 1. The lowest BCUT2D eigenvalue weighted by atomic mass is 9.92. The SMILES string of the molecule is CC(C)CCC(=O)N[C@@H](CC(=O)N1CCCCC1C(C)C)C(=O)N[C@@H](C)C1=NCC(c2ccc(F)cc2F)=N1. The summed E-state index contributed by atoms with van der Waals surface area (Å²) in [5.41, 5.74) is 0.484. The van der Waals surface area contributed by atoms with Crippen LogP contribution in [0.5, 0.6) is 0 Å². The Labute approximate surface area is 229 Å². The molecular weight excluding hydrogens is 504 g/mol. The number of aliphatic imine (C=N–C) groups is 2. The Morgan fingerprint density at radius 1 is 1.08 bits per heavy atom. The van der Waals surface area contributed by atoms with Crippen LogP contribution in [0.3, 0.4) is 0 Å². The number of likely N-dealkylation sites (tertiary alicyclic amines) is 1. The van der Waals surface area contributed by atoms with Crippen molar-refractivity contribution in [1.29, 1.82) is 0 Å². The van der Waals surface area contributed by atoms with Crippen LogP contribution in [0.4, 0.5) is 8.78 Å². The summed E-state index contributed by atoms with van der Waals surface area (Å²) in [5, 5.41) is 5.58. The van der Waals surface area contributed by atoms with Gasteiger partial charge in [0.05, 0.1) is 24.7 Å². The van der Waals surface area contributed by atoms with Gasteiger partial charge >= 0.3 is 0 Å². The molecule has 0 bridgehead atoms. The molecule has 3 amide bonds. The van der Waals surface area contributed by atoms with Crippen molar-refractivity contribution >= 4 is 29.3 Å². The zero-order valence-corrected chi connectivity index (χ0v) is 23.6. The number of carbonyl (C=O) groups excluding carboxylic acids is 3. The highest BCUT2D eigenvalue weighted by Gasteiger charge is 2.33. The van der Waals surface area contributed by atoms with Gasteiger partial charge in [-0.1, -0.05) is 27.7 Å². The molecule has 0 aliphatic carbocycles. The van der Waals surface area contributed by atoms with Crippen molar-refractivity contribution in [3.63, 3.8) is 0 Å². The van der Waals surface area contributed by atoms with Gasteiger partial charge in [0, 0.05) is 30.6 Å². The molecule has 2 heterocycles. The van der Waals surface area contributed by atoms with Crippen molar-refractivity contribution in [2.75, 3.05) is 13.1 Å². The third-order valence-electron chi connectivity index (χ3n) is 7.25. The fourth-order valence-electron chi connectivity index (χ4n) is 4.99. The number of carbonyl (C=O) groups is 3. The summed E-state index contributed by atoms with van der Waals surface area (Å²) in [6.07, 6.45) is 3.68. The van der Waals surface area contributed by atoms with Crippen LogP contribution in [0.25, 0.3) is 0 Å². The normalized spacial score (nSPS) is 19.0. The van der Waals surface area contributed by atoms with E-state index < -0.39 is 29.6 Å². The molecule has 8 nitrogen and oxygen atoms in total. The molecule has 0 spiro atoms. The number of nitrogens with zero attached hydrogens (tertiary/aromatic N) is 3. The van der Waals surface area contributed by atoms with E-state index in [1.165, 1.54) is 6.07 Å². The minimum Gasteiger partial charge on any atom is -0.345 e. The van der Waals surface area contributed by atoms with Gasteiger partial charge in [-0.25, -0.2) is 13.8 Å². The highest BCUT2D eigenvalue weighted by molar-refractivity contribution is 6.14. The van der Waals surface area contributed by atoms with Gasteiger partial charge in [-0.05, 0) is 56.6 Å². The summed E-state index contributed by atoms with van der Waals surface area (Å²) in [6.45, 7) is 10.6. The van der Waals surface area contributed by atoms with Crippen LogP contribution in [-0.2, 0) is 14.4 Å². The second-order valence-corrected chi connectivity index (χ2v) is 11.2. The summed E-state index contributed by atoms with van der Waals surface area (Å²) in [5.74, 6) is -1.47. The van der Waals surface area contributed by atoms with Crippen LogP contribution in [0.15, 0.2) is 28.2 Å². The highest BCUT2D eigenvalue weighted by atomic mass is 19.1. The lowest BCUT2D eigenvalue weighted by molar-refractivity contribution is -0.139. The number of halogens is 2. The predicted molar refractivity (Wildman–Crippen MR) is 148 cm³/mol. The minimum absolute atomic E-state index is 0.0947. The average molecular weight is 546 g/mol. The van der Waals surface area contributed by atoms with Gasteiger partial charge in [0.2, 0.25) is 17.7 Å². The number of hydrogen-bond donors (Lipinski definition) is 2. The molecule has 1 saturated heterocycles. The molecule has 2 N–H and O–H groups in total. The largest absolute Gasteiger partial charge is 0.345 e. The summed E-state index contributed by atoms with van der Waals surface area (Å²) in [7, 11) is 0. The maximum absolute atomic E-state index is 14.2. The predicted octanol–water partition coefficient (Wildman–Crippen LogP) is 4.02. The molecule has 0 aromatic heterocycles. The Morgan fingerprint density at radius 3 is 2.49 bits per heavy atom. The summed E-state index contributed by atoms with van der Waals surface area (Å²) in [6, 6.07) is 1.66. The fraction of sp³-hybridized carbons (Fsp3) is 0.621. The number of amides is 3. The zero-order valence-electron chi connectivity index (χ0n) is 23.6. The molecule has 1 aromatic carbocycles. The van der Waals surface area contributed by atoms with Crippen LogP contribution < -0.4 is 10.6 Å². The third kappa shape index (κ3) is 8.41. The Hall–Kier alpha value is -3.17. The van der Waals surface area contributed by atoms with E-state index in [1.54, 1.807) is 6.92 Å². The molecule has 2 aliphatic heterocycles. The molecule has 39 heavy (non-hydrogen) atoms. The summed E-state index contributed by atoms with van der Waals surface area (Å²) in [4.78, 5) is 49.9. The van der Waals surface area contributed by atoms with Gasteiger partial charge in [0.25, 0.3) is 0 Å². The highest BCUT2D eigenvalue weighted by Crippen LogP contribution is 2.24. The maximum Gasteiger partial charge on any atom is 0.243 e. The molecule has 0 radical (unpaired) electrons. The Morgan fingerprint density at radius 2 is 1.82 bits per heavy atom. The first-order chi connectivity index (χ1) is 18.5. The fourth-order valence-corrected chi connectivity index (χ4v) is 4.99. The van der Waals surface area contributed by atoms with Gasteiger partial charge in [0.15, 0.2) is 0 Å². The zero-order chi connectivity index (χ0) is 28.7. The van der Waals surface area contributed by atoms with E-state index in [0.29, 0.717) is 30.5 Å². The number of rotatable bonds is 11. The van der Waals surface area contributed by atoms with Crippen molar-refractivity contribution in [2.24, 2.45) is 21.8 Å². The lowest BCUT2D eigenvalue weighted by Crippen LogP contribution is -2.54. The summed E-state index contributed by atoms with van der Waals surface area (Å²) >= 11 is 0. The molecule has 2 aliphatic rings. The molecule has 0 saturated carbocycles. The lowest BCUT2D eigenvalue weighted by Gasteiger charge is -2.39. The summed E-state index contributed by atoms with van der Waals surface area (Å²) < 4.78 is 27.5. The van der Waals surface area contributed by atoms with Crippen molar-refractivity contribution < 1.29 is 23.2 Å². The van der Waals surface area contributed by atoms with E-state index in [9.17, 15) is 23.2 Å². The molecule has 1 aromatic rings. The number of benzene rings is 1. The van der Waals surface area contributed by atoms with E-state index in [1.807, 2.05) is 18.7 Å². The molecule has 3 atom stereocenters. The monoisotopic (exact) mass is 545 g/mol. The molecular formula is C29H41F2N5O3. The van der Waals surface area contributed by atoms with Crippen LogP contribution in [0, 0.1) is 23.5 Å². The van der Waals surface area contributed by atoms with Gasteiger partial charge in [-0.2, -0.15) is 0 Å². The first-order valence-electron chi connectivity index (χ1n) is 13.9. The Balaban J connectivity index is 1.71. The molecule has 10 heteroatoms. The van der Waals surface area contributed by atoms with Crippen LogP contribution in [-0.4, -0.2) is 65.4 Å². The van der Waals surface area contributed by atoms with Crippen molar-refractivity contribution in [2.45, 2.75) is 91.3 Å². The second-order valence-electron chi connectivity index (χ2n) is 11.2. The van der Waals surface area contributed by atoms with Gasteiger partial charge in [0.1, 0.15) is 23.5 Å². The standard InChI is InChI=1S/C29H41F2N5O3/c1-17(2)9-12-26(37)34-23(15-27(38)36-13-7-6-8-25(36)18(3)4)29(39)33-19(5)28-32-16-24(35-28)21-11-10-20(30)14-22(21)31/h10-11,14,17-19,23,25H,6-9,12-13,15-16H2,1-5H3,(H,33,39)(H,34,37)/t19-,23-,25?/m0/s1. The second kappa shape index (κ2) is 13.8. The number of piperidine rings is 1. The maximum atomic E-state index is 14.2. The quantitative estimate of drug-likeness (QED) is 0.439. The minimum atomic E-state index is -1.05. The third-order valence-corrected chi connectivity index (χ3v) is 7.25. The molecule has 3 rings (SSSR count). The van der Waals surface area contributed by atoms with Crippen molar-refractivity contribution in [3.05, 3.63) is 35.4 Å². The van der Waals surface area contributed by atoms with E-state index in [-0.39, 0.29) is 48.6 Å². The average Bonchev–Trinajstić information content (AvgIpc) is 3.37. The van der Waals surface area contributed by atoms with E-state index in [0.717, 1.165) is 31.4 Å².